The first-order chi connectivity index (χ1) is 6.45. The summed E-state index contributed by atoms with van der Waals surface area (Å²) in [7, 11) is 0. The van der Waals surface area contributed by atoms with Crippen molar-refractivity contribution in [1.29, 1.82) is 0 Å². The second-order valence-corrected chi connectivity index (χ2v) is 5.20. The molecule has 0 spiro atoms. The van der Waals surface area contributed by atoms with Crippen molar-refractivity contribution in [3.05, 3.63) is 0 Å². The van der Waals surface area contributed by atoms with E-state index in [1.165, 1.54) is 37.3 Å². The van der Waals surface area contributed by atoms with Crippen LogP contribution in [0.5, 0.6) is 0 Å². The minimum atomic E-state index is 0.638. The highest BCUT2D eigenvalue weighted by molar-refractivity contribution is 7.99. The van der Waals surface area contributed by atoms with Gasteiger partial charge in [-0.2, -0.15) is 11.8 Å². The largest absolute Gasteiger partial charge is 0.380 e. The second kappa shape index (κ2) is 5.23. The lowest BCUT2D eigenvalue weighted by Crippen LogP contribution is -2.39. The zero-order valence-electron chi connectivity index (χ0n) is 8.13. The van der Waals surface area contributed by atoms with Crippen LogP contribution in [0.4, 0.5) is 0 Å². The van der Waals surface area contributed by atoms with Gasteiger partial charge < -0.3 is 10.1 Å². The lowest BCUT2D eigenvalue weighted by Gasteiger charge is -2.24. The number of rotatable bonds is 3. The quantitative estimate of drug-likeness (QED) is 0.748. The van der Waals surface area contributed by atoms with Crippen molar-refractivity contribution < 1.29 is 4.74 Å². The van der Waals surface area contributed by atoms with Gasteiger partial charge in [0.1, 0.15) is 0 Å². The number of ether oxygens (including phenoxy) is 1. The van der Waals surface area contributed by atoms with Crippen molar-refractivity contribution in [2.45, 2.75) is 25.3 Å². The molecule has 2 nitrogen and oxygen atoms in total. The summed E-state index contributed by atoms with van der Waals surface area (Å²) in [6.45, 7) is 3.11. The van der Waals surface area contributed by atoms with Crippen LogP contribution < -0.4 is 5.32 Å². The molecule has 0 aromatic heterocycles. The van der Waals surface area contributed by atoms with E-state index in [2.05, 4.69) is 17.1 Å². The Bertz CT molecular complexity index is 142. The second-order valence-electron chi connectivity index (χ2n) is 4.05. The van der Waals surface area contributed by atoms with Gasteiger partial charge in [-0.05, 0) is 43.2 Å². The van der Waals surface area contributed by atoms with Crippen LogP contribution in [-0.2, 0) is 4.74 Å². The van der Waals surface area contributed by atoms with Crippen molar-refractivity contribution in [2.75, 3.05) is 31.3 Å². The summed E-state index contributed by atoms with van der Waals surface area (Å²) in [5, 5.41) is 3.63. The van der Waals surface area contributed by atoms with E-state index in [0.717, 1.165) is 19.1 Å². The number of hydrogen-bond donors (Lipinski definition) is 1. The lowest BCUT2D eigenvalue weighted by molar-refractivity contribution is 0.0694. The Morgan fingerprint density at radius 2 is 2.38 bits per heavy atom. The van der Waals surface area contributed by atoms with Crippen LogP contribution in [0.25, 0.3) is 0 Å². The highest BCUT2D eigenvalue weighted by Crippen LogP contribution is 2.22. The van der Waals surface area contributed by atoms with Gasteiger partial charge in [-0.3, -0.25) is 0 Å². The van der Waals surface area contributed by atoms with Crippen molar-refractivity contribution in [2.24, 2.45) is 5.92 Å². The van der Waals surface area contributed by atoms with Crippen LogP contribution in [0, 0.1) is 5.92 Å². The molecule has 13 heavy (non-hydrogen) atoms. The van der Waals surface area contributed by atoms with Gasteiger partial charge in [-0.1, -0.05) is 0 Å². The van der Waals surface area contributed by atoms with Crippen molar-refractivity contribution >= 4 is 11.8 Å². The third kappa shape index (κ3) is 3.15. The van der Waals surface area contributed by atoms with Crippen molar-refractivity contribution in [1.82, 2.24) is 5.32 Å². The molecule has 0 aromatic carbocycles. The molecular formula is C10H19NOS. The van der Waals surface area contributed by atoms with Crippen LogP contribution in [0.3, 0.4) is 0 Å². The Balaban J connectivity index is 1.60. The van der Waals surface area contributed by atoms with Crippen LogP contribution in [0.2, 0.25) is 0 Å². The minimum Gasteiger partial charge on any atom is -0.380 e. The summed E-state index contributed by atoms with van der Waals surface area (Å²) >= 11 is 2.10. The van der Waals surface area contributed by atoms with Crippen molar-refractivity contribution in [3.8, 4) is 0 Å². The van der Waals surface area contributed by atoms with Crippen LogP contribution >= 0.6 is 11.8 Å². The van der Waals surface area contributed by atoms with Crippen LogP contribution in [0.15, 0.2) is 0 Å². The van der Waals surface area contributed by atoms with E-state index in [9.17, 15) is 0 Å². The fourth-order valence-corrected chi connectivity index (χ4v) is 3.26. The lowest BCUT2D eigenvalue weighted by atomic mass is 10.1. The first-order valence-electron chi connectivity index (χ1n) is 5.34. The molecule has 0 amide bonds. The molecule has 76 valence electrons. The topological polar surface area (TPSA) is 21.3 Å². The molecule has 1 unspecified atom stereocenters. The Morgan fingerprint density at radius 1 is 1.38 bits per heavy atom. The Hall–Kier alpha value is 0.270. The van der Waals surface area contributed by atoms with E-state index < -0.39 is 0 Å². The van der Waals surface area contributed by atoms with Crippen molar-refractivity contribution in [3.63, 3.8) is 0 Å². The fraction of sp³-hybridized carbons (Fsp3) is 1.00. The summed E-state index contributed by atoms with van der Waals surface area (Å²) in [5.41, 5.74) is 0. The molecule has 2 heterocycles. The summed E-state index contributed by atoms with van der Waals surface area (Å²) in [4.78, 5) is 0. The monoisotopic (exact) mass is 201 g/mol. The molecule has 0 saturated carbocycles. The zero-order chi connectivity index (χ0) is 8.93. The first kappa shape index (κ1) is 9.81. The van der Waals surface area contributed by atoms with Gasteiger partial charge in [0.15, 0.2) is 0 Å². The molecule has 3 heteroatoms. The summed E-state index contributed by atoms with van der Waals surface area (Å²) in [6.07, 6.45) is 3.95. The maximum absolute atomic E-state index is 5.43. The molecule has 2 rings (SSSR count). The maximum atomic E-state index is 5.43. The maximum Gasteiger partial charge on any atom is 0.0619 e. The van der Waals surface area contributed by atoms with Gasteiger partial charge in [0.25, 0.3) is 0 Å². The van der Waals surface area contributed by atoms with Gasteiger partial charge in [0.2, 0.25) is 0 Å². The molecule has 2 saturated heterocycles. The predicted molar refractivity (Wildman–Crippen MR) is 57.3 cm³/mol. The molecule has 1 N–H and O–H groups in total. The average Bonchev–Trinajstić information content (AvgIpc) is 2.69. The average molecular weight is 201 g/mol. The van der Waals surface area contributed by atoms with Gasteiger partial charge in [-0.15, -0.1) is 0 Å². The highest BCUT2D eigenvalue weighted by Gasteiger charge is 2.18. The standard InChI is InChI=1S/C10H19NOS/c1-2-10(7-12-4-1)11-6-9-3-5-13-8-9/h9-11H,1-8H2/t9?,10-/m0/s1. The molecule has 2 atom stereocenters. The van der Waals surface area contributed by atoms with E-state index in [4.69, 9.17) is 4.74 Å². The van der Waals surface area contributed by atoms with Gasteiger partial charge in [-0.25, -0.2) is 0 Å². The normalized spacial score (nSPS) is 35.1. The molecule has 2 fully saturated rings. The summed E-state index contributed by atoms with van der Waals surface area (Å²) in [5.74, 6) is 3.65. The third-order valence-corrected chi connectivity index (χ3v) is 4.11. The fourth-order valence-electron chi connectivity index (χ4n) is 1.98. The summed E-state index contributed by atoms with van der Waals surface area (Å²) < 4.78 is 5.43. The number of thioether (sulfide) groups is 1. The highest BCUT2D eigenvalue weighted by atomic mass is 32.2. The van der Waals surface area contributed by atoms with E-state index in [1.807, 2.05) is 0 Å². The molecule has 0 radical (unpaired) electrons. The number of nitrogens with one attached hydrogen (secondary N) is 1. The smallest absolute Gasteiger partial charge is 0.0619 e. The number of hydrogen-bond acceptors (Lipinski definition) is 3. The van der Waals surface area contributed by atoms with Crippen LogP contribution in [0.1, 0.15) is 19.3 Å². The molecule has 0 aromatic rings. The molecule has 0 aliphatic carbocycles. The zero-order valence-corrected chi connectivity index (χ0v) is 8.94. The van der Waals surface area contributed by atoms with Crippen LogP contribution in [-0.4, -0.2) is 37.3 Å². The van der Waals surface area contributed by atoms with E-state index >= 15 is 0 Å². The van der Waals surface area contributed by atoms with Gasteiger partial charge in [0, 0.05) is 12.6 Å². The van der Waals surface area contributed by atoms with E-state index in [0.29, 0.717) is 6.04 Å². The molecule has 0 bridgehead atoms. The summed E-state index contributed by atoms with van der Waals surface area (Å²) in [6, 6.07) is 0.638. The molecule has 2 aliphatic rings. The van der Waals surface area contributed by atoms with Gasteiger partial charge in [0.05, 0.1) is 6.61 Å². The Kier molecular flexibility index (Phi) is 3.94. The minimum absolute atomic E-state index is 0.638. The first-order valence-corrected chi connectivity index (χ1v) is 6.49. The third-order valence-electron chi connectivity index (χ3n) is 2.88. The van der Waals surface area contributed by atoms with E-state index in [-0.39, 0.29) is 0 Å². The van der Waals surface area contributed by atoms with Gasteiger partial charge >= 0.3 is 0 Å². The molecule has 2 aliphatic heterocycles. The Morgan fingerprint density at radius 3 is 3.08 bits per heavy atom. The van der Waals surface area contributed by atoms with E-state index in [1.54, 1.807) is 0 Å². The molecular weight excluding hydrogens is 182 g/mol. The predicted octanol–water partition coefficient (Wildman–Crippen LogP) is 1.51. The Labute approximate surface area is 84.8 Å². The SMILES string of the molecule is C1COC[C@@H](NCC2CCSC2)C1.